The average molecular weight is 832 g/mol. The van der Waals surface area contributed by atoms with E-state index in [1.165, 1.54) is 77.7 Å². The van der Waals surface area contributed by atoms with Crippen LogP contribution < -0.4 is 4.90 Å². The van der Waals surface area contributed by atoms with Gasteiger partial charge in [0.15, 0.2) is 0 Å². The molecule has 1 heterocycles. The molecule has 2 heteroatoms. The fourth-order valence-corrected chi connectivity index (χ4v) is 11.7. The van der Waals surface area contributed by atoms with Crippen LogP contribution in [0.3, 0.4) is 0 Å². The minimum atomic E-state index is -0.269. The van der Waals surface area contributed by atoms with Crippen LogP contribution in [0.25, 0.3) is 77.2 Å². The Labute approximate surface area is 379 Å². The van der Waals surface area contributed by atoms with E-state index in [-0.39, 0.29) is 10.8 Å². The monoisotopic (exact) mass is 831 g/mol. The summed E-state index contributed by atoms with van der Waals surface area (Å²) in [6.07, 6.45) is 0. The predicted molar refractivity (Wildman–Crippen MR) is 272 cm³/mol. The molecule has 0 amide bonds. The molecule has 0 saturated heterocycles. The van der Waals surface area contributed by atoms with Crippen LogP contribution in [0.4, 0.5) is 17.1 Å². The van der Waals surface area contributed by atoms with Gasteiger partial charge in [-0.1, -0.05) is 190 Å². The van der Waals surface area contributed by atoms with Gasteiger partial charge in [0.25, 0.3) is 0 Å². The quantitative estimate of drug-likeness (QED) is 0.166. The molecule has 0 spiro atoms. The zero-order chi connectivity index (χ0) is 43.4. The number of nitrogens with zero attached hydrogens (tertiary/aromatic N) is 1. The lowest BCUT2D eigenvalue weighted by atomic mass is 9.74. The Bertz CT molecular complexity index is 3710. The number of rotatable bonds is 6. The molecule has 65 heavy (non-hydrogen) atoms. The summed E-state index contributed by atoms with van der Waals surface area (Å²) >= 11 is 0. The summed E-state index contributed by atoms with van der Waals surface area (Å²) in [6.45, 7) is 7.14. The van der Waals surface area contributed by atoms with E-state index in [9.17, 15) is 0 Å². The molecule has 11 aromatic rings. The van der Waals surface area contributed by atoms with Crippen molar-refractivity contribution >= 4 is 49.8 Å². The summed E-state index contributed by atoms with van der Waals surface area (Å²) in [4.78, 5) is 2.46. The summed E-state index contributed by atoms with van der Waals surface area (Å²) in [5.41, 5.74) is 21.4. The van der Waals surface area contributed by atoms with E-state index in [0.717, 1.165) is 44.4 Å². The van der Waals surface area contributed by atoms with E-state index in [1.54, 1.807) is 0 Å². The summed E-state index contributed by atoms with van der Waals surface area (Å²) < 4.78 is 6.83. The van der Waals surface area contributed by atoms with Crippen LogP contribution in [0, 0.1) is 0 Å². The third-order valence-electron chi connectivity index (χ3n) is 14.7. The van der Waals surface area contributed by atoms with E-state index in [2.05, 4.69) is 244 Å². The van der Waals surface area contributed by atoms with Gasteiger partial charge >= 0.3 is 0 Å². The zero-order valence-electron chi connectivity index (χ0n) is 36.6. The Morgan fingerprint density at radius 2 is 1.00 bits per heavy atom. The Hall–Kier alpha value is -7.94. The van der Waals surface area contributed by atoms with Crippen molar-refractivity contribution in [1.29, 1.82) is 0 Å². The highest BCUT2D eigenvalue weighted by Gasteiger charge is 2.41. The van der Waals surface area contributed by atoms with Crippen LogP contribution in [0.2, 0.25) is 0 Å². The van der Waals surface area contributed by atoms with Crippen molar-refractivity contribution < 1.29 is 4.42 Å². The lowest BCUT2D eigenvalue weighted by Crippen LogP contribution is -2.22. The molecule has 10 aromatic carbocycles. The van der Waals surface area contributed by atoms with E-state index < -0.39 is 0 Å². The van der Waals surface area contributed by atoms with Crippen molar-refractivity contribution in [2.75, 3.05) is 4.90 Å². The largest absolute Gasteiger partial charge is 0.455 e. The van der Waals surface area contributed by atoms with Crippen LogP contribution in [0.5, 0.6) is 0 Å². The molecule has 1 unspecified atom stereocenters. The maximum atomic E-state index is 6.83. The molecular weight excluding hydrogens is 787 g/mol. The molecular formula is C63H45NO. The first-order valence-electron chi connectivity index (χ1n) is 22.8. The first kappa shape index (κ1) is 37.6. The summed E-state index contributed by atoms with van der Waals surface area (Å²) in [7, 11) is 0. The first-order chi connectivity index (χ1) is 31.9. The summed E-state index contributed by atoms with van der Waals surface area (Å²) in [5, 5.41) is 4.48. The van der Waals surface area contributed by atoms with E-state index in [4.69, 9.17) is 4.42 Å². The topological polar surface area (TPSA) is 16.4 Å². The number of para-hydroxylation sites is 1. The standard InChI is InChI=1S/C63H45NO/c1-62(2)53-26-12-9-22-47(53)50-24-15-25-51(60(50)62)49-23-11-14-28-56(49)64(57-29-16-30-58-59(57)52-38-33-41-17-7-8-20-45(41)61(52)65-58)44-35-31-40(32-36-44)42-34-37-48-46-21-10-13-27-54(46)63(3,55(48)39-42)43-18-5-4-6-19-43/h4-39H,1-3H3. The Morgan fingerprint density at radius 1 is 0.400 bits per heavy atom. The maximum absolute atomic E-state index is 6.83. The fourth-order valence-electron chi connectivity index (χ4n) is 11.7. The van der Waals surface area contributed by atoms with Crippen LogP contribution in [-0.2, 0) is 10.8 Å². The fraction of sp³-hybridized carbons (Fsp3) is 0.0794. The molecule has 0 bridgehead atoms. The highest BCUT2D eigenvalue weighted by Crippen LogP contribution is 2.56. The van der Waals surface area contributed by atoms with Crippen molar-refractivity contribution in [3.05, 3.63) is 246 Å². The molecule has 13 rings (SSSR count). The first-order valence-corrected chi connectivity index (χ1v) is 22.8. The molecule has 0 radical (unpaired) electrons. The molecule has 2 aliphatic rings. The molecule has 0 saturated carbocycles. The van der Waals surface area contributed by atoms with Gasteiger partial charge in [0.1, 0.15) is 11.2 Å². The lowest BCUT2D eigenvalue weighted by molar-refractivity contribution is 0.662. The SMILES string of the molecule is CC1(C)c2ccccc2-c2cccc(-c3ccccc3N(c3ccc(-c4ccc5c(c4)C(C)(c4ccccc4)c4ccccc4-5)cc3)c3cccc4oc5c6ccccc6ccc5c34)c21. The molecule has 0 fully saturated rings. The van der Waals surface area contributed by atoms with Crippen molar-refractivity contribution in [2.45, 2.75) is 31.6 Å². The minimum absolute atomic E-state index is 0.183. The second kappa shape index (κ2) is 14.0. The van der Waals surface area contributed by atoms with Crippen LogP contribution >= 0.6 is 0 Å². The number of benzene rings is 10. The van der Waals surface area contributed by atoms with Crippen molar-refractivity contribution in [2.24, 2.45) is 0 Å². The third kappa shape index (κ3) is 5.41. The van der Waals surface area contributed by atoms with Gasteiger partial charge in [-0.15, -0.1) is 0 Å². The highest BCUT2D eigenvalue weighted by molar-refractivity contribution is 6.20. The minimum Gasteiger partial charge on any atom is -0.455 e. The van der Waals surface area contributed by atoms with Crippen molar-refractivity contribution in [1.82, 2.24) is 0 Å². The molecule has 2 aliphatic carbocycles. The Kier molecular flexibility index (Phi) is 8.12. The Balaban J connectivity index is 1.01. The summed E-state index contributed by atoms with van der Waals surface area (Å²) in [6, 6.07) is 80.4. The van der Waals surface area contributed by atoms with Crippen molar-refractivity contribution in [3.8, 4) is 44.5 Å². The second-order valence-electron chi connectivity index (χ2n) is 18.5. The van der Waals surface area contributed by atoms with Crippen LogP contribution in [-0.4, -0.2) is 0 Å². The van der Waals surface area contributed by atoms with E-state index in [1.807, 2.05) is 0 Å². The molecule has 1 aromatic heterocycles. The average Bonchev–Trinajstić information content (AvgIpc) is 3.96. The molecule has 308 valence electrons. The van der Waals surface area contributed by atoms with Gasteiger partial charge < -0.3 is 9.32 Å². The van der Waals surface area contributed by atoms with Gasteiger partial charge in [0.05, 0.1) is 16.8 Å². The van der Waals surface area contributed by atoms with Crippen LogP contribution in [0.1, 0.15) is 48.6 Å². The van der Waals surface area contributed by atoms with Gasteiger partial charge in [0.2, 0.25) is 0 Å². The van der Waals surface area contributed by atoms with Gasteiger partial charge in [0, 0.05) is 32.9 Å². The molecule has 1 atom stereocenters. The lowest BCUT2D eigenvalue weighted by Gasteiger charge is -2.30. The second-order valence-corrected chi connectivity index (χ2v) is 18.5. The molecule has 2 nitrogen and oxygen atoms in total. The van der Waals surface area contributed by atoms with Crippen molar-refractivity contribution in [3.63, 3.8) is 0 Å². The number of hydrogen-bond donors (Lipinski definition) is 0. The number of hydrogen-bond acceptors (Lipinski definition) is 2. The van der Waals surface area contributed by atoms with Gasteiger partial charge in [-0.05, 0) is 122 Å². The normalized spacial score (nSPS) is 15.5. The van der Waals surface area contributed by atoms with E-state index in [0.29, 0.717) is 0 Å². The third-order valence-corrected chi connectivity index (χ3v) is 14.7. The number of anilines is 3. The molecule has 0 aliphatic heterocycles. The predicted octanol–water partition coefficient (Wildman–Crippen LogP) is 17.2. The maximum Gasteiger partial charge on any atom is 0.143 e. The Morgan fingerprint density at radius 3 is 1.82 bits per heavy atom. The number of furan rings is 1. The van der Waals surface area contributed by atoms with Gasteiger partial charge in [-0.25, -0.2) is 0 Å². The van der Waals surface area contributed by atoms with Gasteiger partial charge in [-0.2, -0.15) is 0 Å². The van der Waals surface area contributed by atoms with Crippen LogP contribution in [0.15, 0.2) is 223 Å². The molecule has 0 N–H and O–H groups in total. The highest BCUT2D eigenvalue weighted by atomic mass is 16.3. The zero-order valence-corrected chi connectivity index (χ0v) is 36.6. The van der Waals surface area contributed by atoms with E-state index >= 15 is 0 Å². The van der Waals surface area contributed by atoms with Gasteiger partial charge in [-0.3, -0.25) is 0 Å². The summed E-state index contributed by atoms with van der Waals surface area (Å²) in [5.74, 6) is 0. The number of fused-ring (bicyclic) bond motifs is 11. The smallest absolute Gasteiger partial charge is 0.143 e.